The highest BCUT2D eigenvalue weighted by Crippen LogP contribution is 2.28. The lowest BCUT2D eigenvalue weighted by molar-refractivity contribution is 0.0984. The molecule has 0 radical (unpaired) electrons. The largest absolute Gasteiger partial charge is 0.496 e. The Balaban J connectivity index is 1.44. The number of methoxy groups -OCH3 is 1. The van der Waals surface area contributed by atoms with Crippen LogP contribution in [0.3, 0.4) is 0 Å². The highest BCUT2D eigenvalue weighted by Gasteiger charge is 2.26. The van der Waals surface area contributed by atoms with Crippen molar-refractivity contribution in [1.29, 1.82) is 0 Å². The second kappa shape index (κ2) is 7.45. The van der Waals surface area contributed by atoms with Crippen LogP contribution in [-0.2, 0) is 13.0 Å². The van der Waals surface area contributed by atoms with Gasteiger partial charge in [0.1, 0.15) is 17.3 Å². The lowest BCUT2D eigenvalue weighted by Gasteiger charge is -2.16. The zero-order valence-corrected chi connectivity index (χ0v) is 15.1. The molecule has 1 aromatic heterocycles. The number of fused-ring (bicyclic) bond motifs is 1. The van der Waals surface area contributed by atoms with Crippen molar-refractivity contribution in [3.63, 3.8) is 0 Å². The average Bonchev–Trinajstić information content (AvgIpc) is 3.16. The summed E-state index contributed by atoms with van der Waals surface area (Å²) < 4.78 is 5.34. The molecule has 0 unspecified atom stereocenters. The molecular formula is C21H20N4O2. The zero-order valence-electron chi connectivity index (χ0n) is 15.1. The third kappa shape index (κ3) is 3.46. The Morgan fingerprint density at radius 3 is 2.74 bits per heavy atom. The fourth-order valence-electron chi connectivity index (χ4n) is 3.25. The van der Waals surface area contributed by atoms with Gasteiger partial charge < -0.3 is 15.0 Å². The molecule has 0 bridgehead atoms. The maximum absolute atomic E-state index is 12.8. The number of anilines is 2. The number of carbonyl (C=O) groups is 1. The first-order valence-electron chi connectivity index (χ1n) is 8.84. The fourth-order valence-corrected chi connectivity index (χ4v) is 3.25. The highest BCUT2D eigenvalue weighted by molar-refractivity contribution is 6.05. The molecule has 2 aromatic carbocycles. The van der Waals surface area contributed by atoms with Gasteiger partial charge in [0.05, 0.1) is 19.5 Å². The lowest BCUT2D eigenvalue weighted by Crippen LogP contribution is -2.29. The first-order chi connectivity index (χ1) is 13.3. The summed E-state index contributed by atoms with van der Waals surface area (Å²) in [5.41, 5.74) is 3.52. The number of aromatic nitrogens is 2. The Kier molecular flexibility index (Phi) is 4.70. The summed E-state index contributed by atoms with van der Waals surface area (Å²) >= 11 is 0. The van der Waals surface area contributed by atoms with E-state index in [-0.39, 0.29) is 5.91 Å². The summed E-state index contributed by atoms with van der Waals surface area (Å²) in [6.45, 7) is 1.24. The fraction of sp³-hybridized carbons (Fsp3) is 0.190. The number of ether oxygens (including phenoxy) is 1. The number of carbonyl (C=O) groups excluding carboxylic acids is 1. The third-order valence-corrected chi connectivity index (χ3v) is 4.66. The van der Waals surface area contributed by atoms with E-state index in [0.29, 0.717) is 24.6 Å². The van der Waals surface area contributed by atoms with E-state index in [4.69, 9.17) is 4.74 Å². The molecule has 1 aliphatic rings. The highest BCUT2D eigenvalue weighted by atomic mass is 16.5. The van der Waals surface area contributed by atoms with Crippen molar-refractivity contribution in [2.75, 3.05) is 23.9 Å². The van der Waals surface area contributed by atoms with Gasteiger partial charge in [-0.15, -0.1) is 0 Å². The van der Waals surface area contributed by atoms with E-state index in [0.717, 1.165) is 23.4 Å². The van der Waals surface area contributed by atoms with Gasteiger partial charge in [0.15, 0.2) is 0 Å². The molecule has 136 valence electrons. The van der Waals surface area contributed by atoms with Crippen LogP contribution in [0.4, 0.5) is 11.5 Å². The quantitative estimate of drug-likeness (QED) is 0.756. The van der Waals surface area contributed by atoms with Crippen LogP contribution in [0.15, 0.2) is 60.9 Å². The molecule has 1 N–H and O–H groups in total. The molecule has 4 rings (SSSR count). The van der Waals surface area contributed by atoms with Gasteiger partial charge in [0.25, 0.3) is 5.91 Å². The van der Waals surface area contributed by atoms with E-state index >= 15 is 0 Å². The number of benzene rings is 2. The summed E-state index contributed by atoms with van der Waals surface area (Å²) in [6.07, 6.45) is 3.98. The molecule has 27 heavy (non-hydrogen) atoms. The van der Waals surface area contributed by atoms with Crippen molar-refractivity contribution in [3.8, 4) is 5.75 Å². The van der Waals surface area contributed by atoms with Gasteiger partial charge >= 0.3 is 0 Å². The molecule has 0 saturated heterocycles. The van der Waals surface area contributed by atoms with E-state index in [9.17, 15) is 4.79 Å². The number of hydrogen-bond donors (Lipinski definition) is 1. The van der Waals surface area contributed by atoms with Crippen LogP contribution < -0.4 is 15.0 Å². The summed E-state index contributed by atoms with van der Waals surface area (Å²) in [7, 11) is 1.65. The molecule has 2 heterocycles. The average molecular weight is 360 g/mol. The molecule has 0 aliphatic carbocycles. The number of nitrogens with one attached hydrogen (secondary N) is 1. The minimum absolute atomic E-state index is 0.122. The van der Waals surface area contributed by atoms with Gasteiger partial charge in [0, 0.05) is 24.3 Å². The Bertz CT molecular complexity index is 956. The predicted molar refractivity (Wildman–Crippen MR) is 104 cm³/mol. The van der Waals surface area contributed by atoms with Crippen LogP contribution in [-0.4, -0.2) is 29.5 Å². The van der Waals surface area contributed by atoms with Crippen LogP contribution in [0, 0.1) is 0 Å². The van der Waals surface area contributed by atoms with Gasteiger partial charge in [-0.2, -0.15) is 0 Å². The normalized spacial score (nSPS) is 12.6. The van der Waals surface area contributed by atoms with Crippen molar-refractivity contribution in [2.45, 2.75) is 13.0 Å². The standard InChI is InChI=1S/C21H20N4O2/c1-27-19-9-5-3-7-16(19)12-23-20-14-22-17(13-24-20)21(26)25-11-10-15-6-2-4-8-18(15)25/h2-9,13-14H,10-12H2,1H3,(H,23,24). The third-order valence-electron chi connectivity index (χ3n) is 4.66. The molecular weight excluding hydrogens is 340 g/mol. The van der Waals surface area contributed by atoms with Gasteiger partial charge in [0.2, 0.25) is 0 Å². The number of amides is 1. The number of rotatable bonds is 5. The van der Waals surface area contributed by atoms with E-state index in [1.54, 1.807) is 18.2 Å². The Morgan fingerprint density at radius 1 is 1.11 bits per heavy atom. The first-order valence-corrected chi connectivity index (χ1v) is 8.84. The van der Waals surface area contributed by atoms with Gasteiger partial charge in [-0.3, -0.25) is 4.79 Å². The van der Waals surface area contributed by atoms with E-state index in [1.807, 2.05) is 42.5 Å². The summed E-state index contributed by atoms with van der Waals surface area (Å²) in [4.78, 5) is 23.2. The number of hydrogen-bond acceptors (Lipinski definition) is 5. The number of para-hydroxylation sites is 2. The van der Waals surface area contributed by atoms with Crippen molar-refractivity contribution in [2.24, 2.45) is 0 Å². The van der Waals surface area contributed by atoms with Crippen molar-refractivity contribution in [1.82, 2.24) is 9.97 Å². The first kappa shape index (κ1) is 17.0. The molecule has 0 saturated carbocycles. The van der Waals surface area contributed by atoms with Crippen LogP contribution in [0.2, 0.25) is 0 Å². The van der Waals surface area contributed by atoms with Crippen LogP contribution in [0.25, 0.3) is 0 Å². The maximum Gasteiger partial charge on any atom is 0.278 e. The zero-order chi connectivity index (χ0) is 18.6. The molecule has 0 fully saturated rings. The second-order valence-corrected chi connectivity index (χ2v) is 6.29. The van der Waals surface area contributed by atoms with Crippen LogP contribution in [0.5, 0.6) is 5.75 Å². The second-order valence-electron chi connectivity index (χ2n) is 6.29. The van der Waals surface area contributed by atoms with Crippen molar-refractivity contribution < 1.29 is 9.53 Å². The molecule has 6 nitrogen and oxygen atoms in total. The monoisotopic (exact) mass is 360 g/mol. The predicted octanol–water partition coefficient (Wildman–Crippen LogP) is 3.30. The maximum atomic E-state index is 12.8. The van der Waals surface area contributed by atoms with Crippen LogP contribution in [0.1, 0.15) is 21.6 Å². The molecule has 0 atom stereocenters. The minimum atomic E-state index is -0.122. The molecule has 1 amide bonds. The topological polar surface area (TPSA) is 67.3 Å². The molecule has 3 aromatic rings. The smallest absolute Gasteiger partial charge is 0.278 e. The van der Waals surface area contributed by atoms with Crippen molar-refractivity contribution in [3.05, 3.63) is 77.7 Å². The van der Waals surface area contributed by atoms with Gasteiger partial charge in [-0.25, -0.2) is 9.97 Å². The molecule has 0 spiro atoms. The Hall–Kier alpha value is -3.41. The van der Waals surface area contributed by atoms with Gasteiger partial charge in [-0.1, -0.05) is 36.4 Å². The molecule has 6 heteroatoms. The Morgan fingerprint density at radius 2 is 1.93 bits per heavy atom. The minimum Gasteiger partial charge on any atom is -0.496 e. The van der Waals surface area contributed by atoms with Gasteiger partial charge in [-0.05, 0) is 24.1 Å². The lowest BCUT2D eigenvalue weighted by atomic mass is 10.2. The summed E-state index contributed by atoms with van der Waals surface area (Å²) in [5, 5.41) is 3.21. The Labute approximate surface area is 157 Å². The van der Waals surface area contributed by atoms with E-state index < -0.39 is 0 Å². The number of nitrogens with zero attached hydrogens (tertiary/aromatic N) is 3. The summed E-state index contributed by atoms with van der Waals surface area (Å²) in [6, 6.07) is 15.8. The van der Waals surface area contributed by atoms with Crippen molar-refractivity contribution >= 4 is 17.4 Å². The SMILES string of the molecule is COc1ccccc1CNc1cnc(C(=O)N2CCc3ccccc32)cn1. The molecule has 1 aliphatic heterocycles. The summed E-state index contributed by atoms with van der Waals surface area (Å²) in [5.74, 6) is 1.31. The van der Waals surface area contributed by atoms with Crippen LogP contribution >= 0.6 is 0 Å². The van der Waals surface area contributed by atoms with E-state index in [1.165, 1.54) is 11.8 Å². The van der Waals surface area contributed by atoms with E-state index in [2.05, 4.69) is 21.4 Å².